The van der Waals surface area contributed by atoms with E-state index >= 15 is 0 Å². The summed E-state index contributed by atoms with van der Waals surface area (Å²) >= 11 is 0. The summed E-state index contributed by atoms with van der Waals surface area (Å²) < 4.78 is 50.9. The second kappa shape index (κ2) is 9.46. The molecule has 1 fully saturated rings. The van der Waals surface area contributed by atoms with Gasteiger partial charge in [-0.1, -0.05) is 60.7 Å². The van der Waals surface area contributed by atoms with E-state index in [4.69, 9.17) is 0 Å². The van der Waals surface area contributed by atoms with Gasteiger partial charge in [0.05, 0.1) is 22.3 Å². The molecule has 1 unspecified atom stereocenters. The molecule has 4 rings (SSSR count). The Morgan fingerprint density at radius 3 is 1.88 bits per heavy atom. The maximum Gasteiger partial charge on any atom is 0.240 e. The van der Waals surface area contributed by atoms with E-state index in [0.29, 0.717) is 5.69 Å². The van der Waals surface area contributed by atoms with Gasteiger partial charge in [0.1, 0.15) is 0 Å². The van der Waals surface area contributed by atoms with Crippen LogP contribution in [-0.4, -0.2) is 40.3 Å². The maximum absolute atomic E-state index is 13.2. The van der Waals surface area contributed by atoms with Crippen molar-refractivity contribution in [2.24, 2.45) is 0 Å². The van der Waals surface area contributed by atoms with Gasteiger partial charge in [0, 0.05) is 11.7 Å². The number of nitrogens with one attached hydrogen (secondary N) is 2. The van der Waals surface area contributed by atoms with Gasteiger partial charge in [0.15, 0.2) is 9.84 Å². The number of hydrogen-bond acceptors (Lipinski definition) is 5. The first kappa shape index (κ1) is 23.2. The van der Waals surface area contributed by atoms with Crippen LogP contribution in [0, 0.1) is 0 Å². The van der Waals surface area contributed by atoms with Gasteiger partial charge >= 0.3 is 0 Å². The largest absolute Gasteiger partial charge is 0.325 e. The third-order valence-corrected chi connectivity index (χ3v) is 8.82. The summed E-state index contributed by atoms with van der Waals surface area (Å²) in [5.74, 6) is -0.977. The summed E-state index contributed by atoms with van der Waals surface area (Å²) in [6, 6.07) is 24.0. The van der Waals surface area contributed by atoms with Crippen molar-refractivity contribution in [2.75, 3.05) is 16.8 Å². The minimum Gasteiger partial charge on any atom is -0.325 e. The predicted octanol–water partition coefficient (Wildman–Crippen LogP) is 2.92. The van der Waals surface area contributed by atoms with Crippen molar-refractivity contribution in [1.29, 1.82) is 0 Å². The number of hydrogen-bond donors (Lipinski definition) is 2. The van der Waals surface area contributed by atoms with Crippen LogP contribution in [0.15, 0.2) is 89.8 Å². The molecule has 0 saturated carbocycles. The normalized spacial score (nSPS) is 17.7. The van der Waals surface area contributed by atoms with Crippen LogP contribution in [-0.2, 0) is 24.7 Å². The third-order valence-electron chi connectivity index (χ3n) is 5.51. The van der Waals surface area contributed by atoms with E-state index in [-0.39, 0.29) is 28.7 Å². The number of carbonyl (C=O) groups excluding carboxylic acids is 1. The second-order valence-corrected chi connectivity index (χ2v) is 11.9. The van der Waals surface area contributed by atoms with Crippen LogP contribution < -0.4 is 10.0 Å². The van der Waals surface area contributed by atoms with E-state index in [1.54, 1.807) is 0 Å². The van der Waals surface area contributed by atoms with Crippen molar-refractivity contribution in [1.82, 2.24) is 4.72 Å². The number of benzene rings is 3. The molecule has 3 aromatic rings. The monoisotopic (exact) mass is 484 g/mol. The van der Waals surface area contributed by atoms with Crippen LogP contribution >= 0.6 is 0 Å². The highest BCUT2D eigenvalue weighted by atomic mass is 32.2. The molecule has 2 N–H and O–H groups in total. The summed E-state index contributed by atoms with van der Waals surface area (Å²) in [6.45, 7) is 0. The van der Waals surface area contributed by atoms with Crippen molar-refractivity contribution in [3.05, 3.63) is 96.1 Å². The van der Waals surface area contributed by atoms with Crippen LogP contribution in [0.4, 0.5) is 5.69 Å². The van der Waals surface area contributed by atoms with Gasteiger partial charge < -0.3 is 5.32 Å². The van der Waals surface area contributed by atoms with Crippen LogP contribution in [0.5, 0.6) is 0 Å². The average molecular weight is 485 g/mol. The van der Waals surface area contributed by atoms with E-state index < -0.39 is 31.8 Å². The number of rotatable bonds is 7. The molecule has 1 atom stereocenters. The third kappa shape index (κ3) is 5.68. The zero-order valence-electron chi connectivity index (χ0n) is 17.7. The molecule has 0 spiro atoms. The van der Waals surface area contributed by atoms with Gasteiger partial charge in [0.2, 0.25) is 15.9 Å². The standard InChI is InChI=1S/C24H24N2O5S2/c27-24(23(18-7-3-1-4-8-18)19-9-5-2-6-10-19)25-20-11-13-22(14-12-20)33(30,31)26-21-15-16-32(28,29)17-21/h1-14,21,23,26H,15-17H2,(H,25,27). The van der Waals surface area contributed by atoms with E-state index in [1.807, 2.05) is 60.7 Å². The SMILES string of the molecule is O=C(Nc1ccc(S(=O)(=O)NC2CCS(=O)(=O)C2)cc1)C(c1ccccc1)c1ccccc1. The molecule has 33 heavy (non-hydrogen) atoms. The molecule has 0 bridgehead atoms. The lowest BCUT2D eigenvalue weighted by Gasteiger charge is -2.18. The maximum atomic E-state index is 13.2. The minimum absolute atomic E-state index is 0.00691. The molecule has 1 saturated heterocycles. The topological polar surface area (TPSA) is 109 Å². The highest BCUT2D eigenvalue weighted by Crippen LogP contribution is 2.26. The summed E-state index contributed by atoms with van der Waals surface area (Å²) in [5, 5.41) is 2.87. The fraction of sp³-hybridized carbons (Fsp3) is 0.208. The summed E-state index contributed by atoms with van der Waals surface area (Å²) in [7, 11) is -7.07. The minimum atomic E-state index is -3.87. The first-order valence-electron chi connectivity index (χ1n) is 10.5. The molecule has 0 aliphatic carbocycles. The fourth-order valence-corrected chi connectivity index (χ4v) is 6.94. The Balaban J connectivity index is 1.50. The van der Waals surface area contributed by atoms with E-state index in [2.05, 4.69) is 10.0 Å². The molecule has 1 amide bonds. The molecule has 1 aliphatic rings. The van der Waals surface area contributed by atoms with E-state index in [0.717, 1.165) is 11.1 Å². The Hall–Kier alpha value is -3.01. The summed E-state index contributed by atoms with van der Waals surface area (Å²) in [5.41, 5.74) is 2.14. The quantitative estimate of drug-likeness (QED) is 0.536. The van der Waals surface area contributed by atoms with Gasteiger partial charge in [-0.25, -0.2) is 21.6 Å². The van der Waals surface area contributed by atoms with Crippen molar-refractivity contribution < 1.29 is 21.6 Å². The molecule has 1 aliphatic heterocycles. The summed E-state index contributed by atoms with van der Waals surface area (Å²) in [6.07, 6.45) is 0.260. The number of sulfone groups is 1. The molecule has 0 radical (unpaired) electrons. The lowest BCUT2D eigenvalue weighted by molar-refractivity contribution is -0.116. The first-order valence-corrected chi connectivity index (χ1v) is 13.8. The Morgan fingerprint density at radius 1 is 0.848 bits per heavy atom. The highest BCUT2D eigenvalue weighted by Gasteiger charge is 2.31. The first-order chi connectivity index (χ1) is 15.7. The van der Waals surface area contributed by atoms with E-state index in [1.165, 1.54) is 24.3 Å². The van der Waals surface area contributed by atoms with Gasteiger partial charge in [-0.2, -0.15) is 0 Å². The smallest absolute Gasteiger partial charge is 0.240 e. The molecule has 3 aromatic carbocycles. The van der Waals surface area contributed by atoms with Gasteiger partial charge in [0.25, 0.3) is 0 Å². The molecular weight excluding hydrogens is 460 g/mol. The second-order valence-electron chi connectivity index (χ2n) is 7.99. The number of carbonyl (C=O) groups is 1. The van der Waals surface area contributed by atoms with Crippen molar-refractivity contribution in [3.63, 3.8) is 0 Å². The predicted molar refractivity (Wildman–Crippen MR) is 127 cm³/mol. The zero-order chi connectivity index (χ0) is 23.5. The molecule has 7 nitrogen and oxygen atoms in total. The number of anilines is 1. The van der Waals surface area contributed by atoms with Crippen molar-refractivity contribution in [2.45, 2.75) is 23.3 Å². The molecule has 9 heteroatoms. The average Bonchev–Trinajstić information content (AvgIpc) is 3.13. The fourth-order valence-electron chi connectivity index (χ4n) is 3.89. The van der Waals surface area contributed by atoms with Crippen molar-refractivity contribution >= 4 is 31.5 Å². The lowest BCUT2D eigenvalue weighted by atomic mass is 9.90. The zero-order valence-corrected chi connectivity index (χ0v) is 19.3. The molecular formula is C24H24N2O5S2. The Bertz CT molecular complexity index is 1290. The summed E-state index contributed by atoms with van der Waals surface area (Å²) in [4.78, 5) is 13.2. The molecule has 172 valence electrons. The lowest BCUT2D eigenvalue weighted by Crippen LogP contribution is -2.35. The number of sulfonamides is 1. The van der Waals surface area contributed by atoms with Crippen LogP contribution in [0.25, 0.3) is 0 Å². The Labute approximate surface area is 193 Å². The molecule has 1 heterocycles. The van der Waals surface area contributed by atoms with Gasteiger partial charge in [-0.15, -0.1) is 0 Å². The Morgan fingerprint density at radius 2 is 1.39 bits per heavy atom. The highest BCUT2D eigenvalue weighted by molar-refractivity contribution is 7.92. The number of amides is 1. The Kier molecular flexibility index (Phi) is 6.64. The van der Waals surface area contributed by atoms with Crippen LogP contribution in [0.2, 0.25) is 0 Å². The molecule has 0 aromatic heterocycles. The van der Waals surface area contributed by atoms with E-state index in [9.17, 15) is 21.6 Å². The van der Waals surface area contributed by atoms with Gasteiger partial charge in [-0.3, -0.25) is 4.79 Å². The van der Waals surface area contributed by atoms with Gasteiger partial charge in [-0.05, 0) is 41.8 Å². The van der Waals surface area contributed by atoms with Crippen LogP contribution in [0.3, 0.4) is 0 Å². The van der Waals surface area contributed by atoms with Crippen LogP contribution in [0.1, 0.15) is 23.5 Å². The van der Waals surface area contributed by atoms with Crippen molar-refractivity contribution in [3.8, 4) is 0 Å².